The number of hydrogen-bond acceptors (Lipinski definition) is 2. The number of amides is 2. The van der Waals surface area contributed by atoms with Crippen molar-refractivity contribution in [2.75, 3.05) is 19.6 Å². The highest BCUT2D eigenvalue weighted by Gasteiger charge is 2.15. The van der Waals surface area contributed by atoms with Crippen LogP contribution in [0.15, 0.2) is 0 Å². The monoisotopic (exact) mass is 211 g/mol. The van der Waals surface area contributed by atoms with Crippen LogP contribution in [0.4, 0.5) is 4.79 Å². The maximum atomic E-state index is 11.6. The van der Waals surface area contributed by atoms with Crippen LogP contribution in [0, 0.1) is 23.2 Å². The molecule has 0 heterocycles. The normalized spacial score (nSPS) is 10.2. The largest absolute Gasteiger partial charge is 0.325 e. The summed E-state index contributed by atoms with van der Waals surface area (Å²) in [5.74, 6) is 0.883. The second kappa shape index (κ2) is 7.10. The van der Waals surface area contributed by atoms with Gasteiger partial charge in [-0.25, -0.2) is 4.79 Å². The summed E-state index contributed by atoms with van der Waals surface area (Å²) in [6.07, 6.45) is 0. The quantitative estimate of drug-likeness (QED) is 0.705. The SMILES string of the molecule is CC(C)CN(CC(C)C)C(=O)NCC#N. The van der Waals surface area contributed by atoms with Crippen LogP contribution in [0.1, 0.15) is 27.7 Å². The molecule has 0 aromatic heterocycles. The van der Waals surface area contributed by atoms with Gasteiger partial charge in [0.05, 0.1) is 6.07 Å². The molecule has 86 valence electrons. The molecule has 2 amide bonds. The molecule has 0 bridgehead atoms. The van der Waals surface area contributed by atoms with E-state index in [1.807, 2.05) is 6.07 Å². The summed E-state index contributed by atoms with van der Waals surface area (Å²) in [5, 5.41) is 10.9. The van der Waals surface area contributed by atoms with Crippen LogP contribution < -0.4 is 5.32 Å². The van der Waals surface area contributed by atoms with Gasteiger partial charge in [-0.3, -0.25) is 0 Å². The van der Waals surface area contributed by atoms with Crippen molar-refractivity contribution in [2.45, 2.75) is 27.7 Å². The molecule has 0 atom stereocenters. The van der Waals surface area contributed by atoms with Crippen LogP contribution in [-0.4, -0.2) is 30.6 Å². The molecule has 4 nitrogen and oxygen atoms in total. The Hall–Kier alpha value is -1.24. The summed E-state index contributed by atoms with van der Waals surface area (Å²) in [5.41, 5.74) is 0. The first-order chi connectivity index (χ1) is 6.97. The smallest absolute Gasteiger partial charge is 0.318 e. The summed E-state index contributed by atoms with van der Waals surface area (Å²) in [6.45, 7) is 9.84. The van der Waals surface area contributed by atoms with Crippen molar-refractivity contribution in [3.05, 3.63) is 0 Å². The highest BCUT2D eigenvalue weighted by molar-refractivity contribution is 5.74. The first kappa shape index (κ1) is 13.8. The number of nitrogens with zero attached hydrogens (tertiary/aromatic N) is 2. The highest BCUT2D eigenvalue weighted by Crippen LogP contribution is 2.03. The molecule has 0 radical (unpaired) electrons. The summed E-state index contributed by atoms with van der Waals surface area (Å²) in [6, 6.07) is 1.76. The molecule has 4 heteroatoms. The third-order valence-corrected chi connectivity index (χ3v) is 1.78. The minimum Gasteiger partial charge on any atom is -0.325 e. The maximum Gasteiger partial charge on any atom is 0.318 e. The molecular weight excluding hydrogens is 190 g/mol. The summed E-state index contributed by atoms with van der Waals surface area (Å²) < 4.78 is 0. The lowest BCUT2D eigenvalue weighted by Gasteiger charge is -2.26. The van der Waals surface area contributed by atoms with Gasteiger partial charge in [-0.15, -0.1) is 0 Å². The van der Waals surface area contributed by atoms with Gasteiger partial charge in [-0.2, -0.15) is 5.26 Å². The molecular formula is C11H21N3O. The summed E-state index contributed by atoms with van der Waals surface area (Å²) in [7, 11) is 0. The van der Waals surface area contributed by atoms with E-state index in [1.54, 1.807) is 4.90 Å². The summed E-state index contributed by atoms with van der Waals surface area (Å²) >= 11 is 0. The first-order valence-corrected chi connectivity index (χ1v) is 5.37. The minimum atomic E-state index is -0.140. The second-order valence-electron chi connectivity index (χ2n) is 4.51. The maximum absolute atomic E-state index is 11.6. The van der Waals surface area contributed by atoms with Gasteiger partial charge in [0.1, 0.15) is 6.54 Å². The third kappa shape index (κ3) is 6.78. The second-order valence-corrected chi connectivity index (χ2v) is 4.51. The predicted octanol–water partition coefficient (Wildman–Crippen LogP) is 1.83. The van der Waals surface area contributed by atoms with E-state index in [0.717, 1.165) is 13.1 Å². The third-order valence-electron chi connectivity index (χ3n) is 1.78. The van der Waals surface area contributed by atoms with Crippen molar-refractivity contribution in [1.29, 1.82) is 5.26 Å². The molecule has 0 saturated heterocycles. The fourth-order valence-electron chi connectivity index (χ4n) is 1.35. The van der Waals surface area contributed by atoms with E-state index in [1.165, 1.54) is 0 Å². The fraction of sp³-hybridized carbons (Fsp3) is 0.818. The van der Waals surface area contributed by atoms with E-state index in [2.05, 4.69) is 33.0 Å². The van der Waals surface area contributed by atoms with Gasteiger partial charge in [0, 0.05) is 13.1 Å². The highest BCUT2D eigenvalue weighted by atomic mass is 16.2. The predicted molar refractivity (Wildman–Crippen MR) is 60.3 cm³/mol. The topological polar surface area (TPSA) is 56.1 Å². The standard InChI is InChI=1S/C11H21N3O/c1-9(2)7-14(8-10(3)4)11(15)13-6-5-12/h9-10H,6-8H2,1-4H3,(H,13,15). The van der Waals surface area contributed by atoms with Crippen LogP contribution >= 0.6 is 0 Å². The molecule has 0 aromatic carbocycles. The van der Waals surface area contributed by atoms with Gasteiger partial charge in [-0.05, 0) is 11.8 Å². The number of carbonyl (C=O) groups excluding carboxylic acids is 1. The lowest BCUT2D eigenvalue weighted by atomic mass is 10.1. The average Bonchev–Trinajstić information content (AvgIpc) is 2.11. The van der Waals surface area contributed by atoms with E-state index in [9.17, 15) is 4.79 Å². The van der Waals surface area contributed by atoms with E-state index in [0.29, 0.717) is 11.8 Å². The molecule has 0 spiro atoms. The lowest BCUT2D eigenvalue weighted by molar-refractivity contribution is 0.184. The zero-order chi connectivity index (χ0) is 11.8. The van der Waals surface area contributed by atoms with E-state index in [4.69, 9.17) is 5.26 Å². The molecule has 0 aliphatic heterocycles. The van der Waals surface area contributed by atoms with Crippen LogP contribution in [0.2, 0.25) is 0 Å². The van der Waals surface area contributed by atoms with E-state index in [-0.39, 0.29) is 12.6 Å². The van der Waals surface area contributed by atoms with Crippen molar-refractivity contribution in [2.24, 2.45) is 11.8 Å². The zero-order valence-corrected chi connectivity index (χ0v) is 10.1. The number of nitriles is 1. The van der Waals surface area contributed by atoms with Gasteiger partial charge >= 0.3 is 6.03 Å². The Balaban J connectivity index is 4.21. The zero-order valence-electron chi connectivity index (χ0n) is 10.1. The molecule has 0 unspecified atom stereocenters. The van der Waals surface area contributed by atoms with Gasteiger partial charge in [-0.1, -0.05) is 27.7 Å². The lowest BCUT2D eigenvalue weighted by Crippen LogP contribution is -2.43. The molecule has 0 aliphatic rings. The van der Waals surface area contributed by atoms with Crippen molar-refractivity contribution < 1.29 is 4.79 Å². The number of nitrogens with one attached hydrogen (secondary N) is 1. The Morgan fingerprint density at radius 1 is 1.27 bits per heavy atom. The van der Waals surface area contributed by atoms with Gasteiger partial charge in [0.15, 0.2) is 0 Å². The molecule has 0 rings (SSSR count). The number of urea groups is 1. The van der Waals surface area contributed by atoms with Gasteiger partial charge in [0.25, 0.3) is 0 Å². The van der Waals surface area contributed by atoms with Crippen molar-refractivity contribution >= 4 is 6.03 Å². The van der Waals surface area contributed by atoms with Crippen LogP contribution in [0.25, 0.3) is 0 Å². The van der Waals surface area contributed by atoms with Crippen LogP contribution in [-0.2, 0) is 0 Å². The number of carbonyl (C=O) groups is 1. The fourth-order valence-corrected chi connectivity index (χ4v) is 1.35. The molecule has 0 aromatic rings. The van der Waals surface area contributed by atoms with Gasteiger partial charge < -0.3 is 10.2 Å². The Labute approximate surface area is 92.3 Å². The summed E-state index contributed by atoms with van der Waals surface area (Å²) in [4.78, 5) is 13.4. The number of rotatable bonds is 5. The van der Waals surface area contributed by atoms with Crippen molar-refractivity contribution in [1.82, 2.24) is 10.2 Å². The minimum absolute atomic E-state index is 0.0749. The molecule has 0 aliphatic carbocycles. The number of hydrogen-bond donors (Lipinski definition) is 1. The van der Waals surface area contributed by atoms with Crippen LogP contribution in [0.3, 0.4) is 0 Å². The van der Waals surface area contributed by atoms with Gasteiger partial charge in [0.2, 0.25) is 0 Å². The van der Waals surface area contributed by atoms with Crippen molar-refractivity contribution in [3.8, 4) is 6.07 Å². The Morgan fingerprint density at radius 3 is 2.07 bits per heavy atom. The van der Waals surface area contributed by atoms with E-state index < -0.39 is 0 Å². The molecule has 0 fully saturated rings. The van der Waals surface area contributed by atoms with Crippen LogP contribution in [0.5, 0.6) is 0 Å². The molecule has 0 saturated carbocycles. The Bertz CT molecular complexity index is 220. The van der Waals surface area contributed by atoms with E-state index >= 15 is 0 Å². The first-order valence-electron chi connectivity index (χ1n) is 5.37. The molecule has 1 N–H and O–H groups in total. The Morgan fingerprint density at radius 2 is 1.73 bits per heavy atom. The van der Waals surface area contributed by atoms with Crippen molar-refractivity contribution in [3.63, 3.8) is 0 Å². The average molecular weight is 211 g/mol. The molecule has 15 heavy (non-hydrogen) atoms. The Kier molecular flexibility index (Phi) is 6.52.